The van der Waals surface area contributed by atoms with Crippen molar-refractivity contribution in [2.24, 2.45) is 0 Å². The molecule has 2 rings (SSSR count). The van der Waals surface area contributed by atoms with Gasteiger partial charge in [-0.25, -0.2) is 4.39 Å². The minimum absolute atomic E-state index is 0.0476. The number of rotatable bonds is 4. The summed E-state index contributed by atoms with van der Waals surface area (Å²) in [5.74, 6) is -0.322. The van der Waals surface area contributed by atoms with Gasteiger partial charge in [-0.3, -0.25) is 9.48 Å². The highest BCUT2D eigenvalue weighted by molar-refractivity contribution is 6.31. The summed E-state index contributed by atoms with van der Waals surface area (Å²) in [6, 6.07) is 4.22. The molecular formula is C13H12ClFN2O. The molecule has 0 aliphatic heterocycles. The van der Waals surface area contributed by atoms with Crippen molar-refractivity contribution in [2.75, 3.05) is 0 Å². The molecule has 0 unspecified atom stereocenters. The maximum Gasteiger partial charge on any atom is 0.165 e. The van der Waals surface area contributed by atoms with Gasteiger partial charge >= 0.3 is 0 Å². The molecule has 5 heteroatoms. The third kappa shape index (κ3) is 2.76. The van der Waals surface area contributed by atoms with E-state index in [9.17, 15) is 9.18 Å². The van der Waals surface area contributed by atoms with Crippen molar-refractivity contribution in [1.29, 1.82) is 0 Å². The summed E-state index contributed by atoms with van der Waals surface area (Å²) in [4.78, 5) is 11.5. The summed E-state index contributed by atoms with van der Waals surface area (Å²) in [5.41, 5.74) is 1.34. The van der Waals surface area contributed by atoms with E-state index in [1.165, 1.54) is 18.3 Å². The second-order valence-corrected chi connectivity index (χ2v) is 4.35. The van der Waals surface area contributed by atoms with Gasteiger partial charge in [-0.15, -0.1) is 0 Å². The van der Waals surface area contributed by atoms with Gasteiger partial charge in [-0.05, 0) is 17.7 Å². The van der Waals surface area contributed by atoms with Gasteiger partial charge in [0.25, 0.3) is 0 Å². The van der Waals surface area contributed by atoms with Crippen LogP contribution >= 0.6 is 11.6 Å². The average molecular weight is 267 g/mol. The van der Waals surface area contributed by atoms with Crippen molar-refractivity contribution < 1.29 is 9.18 Å². The van der Waals surface area contributed by atoms with Gasteiger partial charge in [0, 0.05) is 17.6 Å². The minimum Gasteiger partial charge on any atom is -0.294 e. The summed E-state index contributed by atoms with van der Waals surface area (Å²) in [6.45, 7) is 2.21. The summed E-state index contributed by atoms with van der Waals surface area (Å²) in [7, 11) is 0. The predicted octanol–water partition coefficient (Wildman–Crippen LogP) is 3.32. The zero-order chi connectivity index (χ0) is 13.1. The third-order valence-corrected chi connectivity index (χ3v) is 2.98. The number of aromatic nitrogens is 2. The number of carbonyl (C=O) groups is 1. The smallest absolute Gasteiger partial charge is 0.165 e. The molecule has 94 valence electrons. The van der Waals surface area contributed by atoms with E-state index >= 15 is 0 Å². The molecule has 0 fully saturated rings. The first kappa shape index (κ1) is 12.8. The first-order valence-electron chi connectivity index (χ1n) is 5.59. The van der Waals surface area contributed by atoms with Crippen LogP contribution in [0.15, 0.2) is 30.6 Å². The maximum absolute atomic E-state index is 12.9. The Morgan fingerprint density at radius 2 is 2.28 bits per heavy atom. The Labute approximate surface area is 109 Å². The number of carbonyl (C=O) groups excluding carboxylic acids is 1. The highest BCUT2D eigenvalue weighted by Crippen LogP contribution is 2.18. The van der Waals surface area contributed by atoms with Crippen LogP contribution in [0.3, 0.4) is 0 Å². The van der Waals surface area contributed by atoms with Gasteiger partial charge in [0.15, 0.2) is 5.78 Å². The Bertz CT molecular complexity index is 580. The largest absolute Gasteiger partial charge is 0.294 e. The fraction of sp³-hybridized carbons (Fsp3) is 0.231. The van der Waals surface area contributed by atoms with E-state index in [1.54, 1.807) is 23.9 Å². The van der Waals surface area contributed by atoms with E-state index in [2.05, 4.69) is 5.10 Å². The molecule has 2 aromatic rings. The van der Waals surface area contributed by atoms with Crippen LogP contribution in [0, 0.1) is 5.82 Å². The van der Waals surface area contributed by atoms with E-state index in [0.29, 0.717) is 23.6 Å². The first-order chi connectivity index (χ1) is 8.60. The van der Waals surface area contributed by atoms with Gasteiger partial charge in [-0.2, -0.15) is 5.10 Å². The summed E-state index contributed by atoms with van der Waals surface area (Å²) in [5, 5.41) is 4.44. The quantitative estimate of drug-likeness (QED) is 0.796. The Morgan fingerprint density at radius 3 is 2.94 bits per heavy atom. The van der Waals surface area contributed by atoms with Crippen molar-refractivity contribution in [3.63, 3.8) is 0 Å². The molecule has 1 aromatic carbocycles. The molecule has 3 nitrogen and oxygen atoms in total. The molecule has 0 bridgehead atoms. The number of Topliss-reactive ketones (excluding diaryl/α,β-unsaturated/α-hetero) is 1. The molecular weight excluding hydrogens is 255 g/mol. The Hall–Kier alpha value is -1.68. The van der Waals surface area contributed by atoms with Gasteiger partial charge in [0.2, 0.25) is 0 Å². The van der Waals surface area contributed by atoms with Crippen molar-refractivity contribution in [3.8, 4) is 0 Å². The van der Waals surface area contributed by atoms with Gasteiger partial charge in [0.1, 0.15) is 5.82 Å². The molecule has 0 aliphatic carbocycles. The van der Waals surface area contributed by atoms with Crippen LogP contribution in [0.1, 0.15) is 29.3 Å². The highest BCUT2D eigenvalue weighted by Gasteiger charge is 2.08. The molecule has 0 aliphatic rings. The zero-order valence-electron chi connectivity index (χ0n) is 9.86. The standard InChI is InChI=1S/C13H12ClFN2O/c1-2-13(18)10-6-16-17(8-10)7-9-3-4-11(15)5-12(9)14/h3-6,8H,2,7H2,1H3. The van der Waals surface area contributed by atoms with Gasteiger partial charge < -0.3 is 0 Å². The van der Waals surface area contributed by atoms with Crippen LogP contribution < -0.4 is 0 Å². The number of hydrogen-bond acceptors (Lipinski definition) is 2. The molecule has 18 heavy (non-hydrogen) atoms. The lowest BCUT2D eigenvalue weighted by atomic mass is 10.2. The summed E-state index contributed by atoms with van der Waals surface area (Å²) >= 11 is 5.93. The monoisotopic (exact) mass is 266 g/mol. The van der Waals surface area contributed by atoms with Crippen LogP contribution in [0.2, 0.25) is 5.02 Å². The Balaban J connectivity index is 2.18. The number of halogens is 2. The second kappa shape index (κ2) is 5.31. The van der Waals surface area contributed by atoms with E-state index in [0.717, 1.165) is 5.56 Å². The number of ketones is 1. The fourth-order valence-electron chi connectivity index (χ4n) is 1.62. The molecule has 0 N–H and O–H groups in total. The van der Waals surface area contributed by atoms with E-state index < -0.39 is 0 Å². The van der Waals surface area contributed by atoms with Crippen LogP contribution in [0.5, 0.6) is 0 Å². The van der Waals surface area contributed by atoms with Crippen LogP contribution in [-0.4, -0.2) is 15.6 Å². The lowest BCUT2D eigenvalue weighted by Crippen LogP contribution is -2.01. The SMILES string of the molecule is CCC(=O)c1cnn(Cc2ccc(F)cc2Cl)c1. The van der Waals surface area contributed by atoms with Crippen molar-refractivity contribution in [3.05, 3.63) is 52.6 Å². The average Bonchev–Trinajstić information content (AvgIpc) is 2.80. The van der Waals surface area contributed by atoms with Crippen LogP contribution in [-0.2, 0) is 6.54 Å². The van der Waals surface area contributed by atoms with E-state index in [4.69, 9.17) is 11.6 Å². The topological polar surface area (TPSA) is 34.9 Å². The minimum atomic E-state index is -0.369. The van der Waals surface area contributed by atoms with E-state index in [-0.39, 0.29) is 11.6 Å². The predicted molar refractivity (Wildman–Crippen MR) is 67.4 cm³/mol. The molecule has 0 amide bonds. The maximum atomic E-state index is 12.9. The highest BCUT2D eigenvalue weighted by atomic mass is 35.5. The molecule has 1 heterocycles. The molecule has 0 saturated heterocycles. The number of benzene rings is 1. The fourth-order valence-corrected chi connectivity index (χ4v) is 1.85. The number of nitrogens with zero attached hydrogens (tertiary/aromatic N) is 2. The van der Waals surface area contributed by atoms with Crippen molar-refractivity contribution >= 4 is 17.4 Å². The summed E-state index contributed by atoms with van der Waals surface area (Å²) < 4.78 is 14.5. The third-order valence-electron chi connectivity index (χ3n) is 2.62. The normalized spacial score (nSPS) is 10.6. The van der Waals surface area contributed by atoms with Crippen LogP contribution in [0.25, 0.3) is 0 Å². The second-order valence-electron chi connectivity index (χ2n) is 3.94. The van der Waals surface area contributed by atoms with Crippen molar-refractivity contribution in [1.82, 2.24) is 9.78 Å². The Morgan fingerprint density at radius 1 is 1.50 bits per heavy atom. The molecule has 1 aromatic heterocycles. The van der Waals surface area contributed by atoms with E-state index in [1.807, 2.05) is 0 Å². The zero-order valence-corrected chi connectivity index (χ0v) is 10.6. The van der Waals surface area contributed by atoms with Crippen molar-refractivity contribution in [2.45, 2.75) is 19.9 Å². The van der Waals surface area contributed by atoms with Gasteiger partial charge in [0.05, 0.1) is 18.3 Å². The molecule has 0 spiro atoms. The molecule has 0 atom stereocenters. The number of hydrogen-bond donors (Lipinski definition) is 0. The lowest BCUT2D eigenvalue weighted by Gasteiger charge is -2.04. The van der Waals surface area contributed by atoms with Crippen LogP contribution in [0.4, 0.5) is 4.39 Å². The van der Waals surface area contributed by atoms with Gasteiger partial charge in [-0.1, -0.05) is 24.6 Å². The first-order valence-corrected chi connectivity index (χ1v) is 5.97. The lowest BCUT2D eigenvalue weighted by molar-refractivity contribution is 0.0988. The summed E-state index contributed by atoms with van der Waals surface area (Å²) in [6.07, 6.45) is 3.65. The molecule has 0 radical (unpaired) electrons. The Kier molecular flexibility index (Phi) is 3.77. The molecule has 0 saturated carbocycles.